The van der Waals surface area contributed by atoms with Gasteiger partial charge in [0.05, 0.1) is 0 Å². The molecule has 0 radical (unpaired) electrons. The fraction of sp³-hybridized carbons (Fsp3) is 0.947. The molecule has 0 bridgehead atoms. The van der Waals surface area contributed by atoms with E-state index in [1.54, 1.807) is 0 Å². The Morgan fingerprint density at radius 3 is 1.39 bits per heavy atom. The Labute approximate surface area is 156 Å². The standard InChI is InChI=1S/C19H39NOS2/c1-3-5-7-9-11-13-15-17-20(21-19(22)23)18-16-14-12-10-8-6-4-2/h3-18H2,1-2H3,(H,22,23). The lowest BCUT2D eigenvalue weighted by Gasteiger charge is -2.21. The third-order valence-corrected chi connectivity index (χ3v) is 4.39. The summed E-state index contributed by atoms with van der Waals surface area (Å²) in [6.45, 7) is 6.48. The molecule has 0 aromatic carbocycles. The number of thiocarbonyl (C=S) groups is 1. The van der Waals surface area contributed by atoms with E-state index in [1.807, 2.05) is 5.06 Å². The topological polar surface area (TPSA) is 12.5 Å². The van der Waals surface area contributed by atoms with Crippen LogP contribution in [0.2, 0.25) is 0 Å². The Morgan fingerprint density at radius 2 is 1.04 bits per heavy atom. The van der Waals surface area contributed by atoms with Gasteiger partial charge < -0.3 is 4.84 Å². The third kappa shape index (κ3) is 18.4. The molecule has 0 fully saturated rings. The molecular weight excluding hydrogens is 322 g/mol. The second-order valence-corrected chi connectivity index (χ2v) is 7.61. The molecule has 0 saturated heterocycles. The highest BCUT2D eigenvalue weighted by Gasteiger charge is 2.07. The van der Waals surface area contributed by atoms with Crippen molar-refractivity contribution in [3.8, 4) is 0 Å². The first-order valence-electron chi connectivity index (χ1n) is 9.86. The summed E-state index contributed by atoms with van der Waals surface area (Å²) in [5.41, 5.74) is 0. The molecule has 0 saturated carbocycles. The molecule has 0 aromatic heterocycles. The van der Waals surface area contributed by atoms with Crippen LogP contribution in [0.15, 0.2) is 0 Å². The molecule has 0 atom stereocenters. The van der Waals surface area contributed by atoms with Gasteiger partial charge in [-0.05, 0) is 25.1 Å². The van der Waals surface area contributed by atoms with E-state index in [0.717, 1.165) is 13.1 Å². The Hall–Kier alpha value is 0.200. The van der Waals surface area contributed by atoms with E-state index in [1.165, 1.54) is 89.9 Å². The first kappa shape index (κ1) is 23.2. The van der Waals surface area contributed by atoms with Crippen LogP contribution in [0, 0.1) is 0 Å². The third-order valence-electron chi connectivity index (χ3n) is 4.23. The summed E-state index contributed by atoms with van der Waals surface area (Å²) in [6.07, 6.45) is 18.6. The molecule has 138 valence electrons. The average molecular weight is 362 g/mol. The molecule has 2 nitrogen and oxygen atoms in total. The van der Waals surface area contributed by atoms with Crippen molar-refractivity contribution < 1.29 is 4.84 Å². The van der Waals surface area contributed by atoms with E-state index >= 15 is 0 Å². The van der Waals surface area contributed by atoms with Crippen molar-refractivity contribution in [3.05, 3.63) is 0 Å². The van der Waals surface area contributed by atoms with E-state index in [9.17, 15) is 0 Å². The molecule has 0 amide bonds. The summed E-state index contributed by atoms with van der Waals surface area (Å²) in [6, 6.07) is 0. The van der Waals surface area contributed by atoms with Crippen molar-refractivity contribution >= 4 is 29.2 Å². The van der Waals surface area contributed by atoms with Crippen molar-refractivity contribution in [3.63, 3.8) is 0 Å². The lowest BCUT2D eigenvalue weighted by Crippen LogP contribution is -2.27. The van der Waals surface area contributed by atoms with Gasteiger partial charge in [-0.2, -0.15) is 0 Å². The second-order valence-electron chi connectivity index (χ2n) is 6.53. The minimum absolute atomic E-state index is 0.343. The maximum absolute atomic E-state index is 5.57. The number of unbranched alkanes of at least 4 members (excludes halogenated alkanes) is 12. The van der Waals surface area contributed by atoms with E-state index < -0.39 is 0 Å². The average Bonchev–Trinajstić information content (AvgIpc) is 2.52. The van der Waals surface area contributed by atoms with Gasteiger partial charge in [0, 0.05) is 13.1 Å². The van der Waals surface area contributed by atoms with Gasteiger partial charge in [0.25, 0.3) is 0 Å². The van der Waals surface area contributed by atoms with Gasteiger partial charge in [0.15, 0.2) is 0 Å². The van der Waals surface area contributed by atoms with Crippen LogP contribution in [0.25, 0.3) is 0 Å². The summed E-state index contributed by atoms with van der Waals surface area (Å²) >= 11 is 9.08. The van der Waals surface area contributed by atoms with Gasteiger partial charge in [0.1, 0.15) is 0 Å². The molecule has 4 heteroatoms. The Bertz CT molecular complexity index is 244. The summed E-state index contributed by atoms with van der Waals surface area (Å²) in [5.74, 6) is 0. The molecule has 0 aliphatic heterocycles. The Kier molecular flexibility index (Phi) is 18.7. The van der Waals surface area contributed by atoms with Crippen LogP contribution in [0.4, 0.5) is 0 Å². The molecular formula is C19H39NOS2. The molecule has 0 aliphatic carbocycles. The molecule has 0 N–H and O–H groups in total. The largest absolute Gasteiger partial charge is 0.387 e. The van der Waals surface area contributed by atoms with Crippen LogP contribution in [0.3, 0.4) is 0 Å². The number of thiol groups is 1. The summed E-state index contributed by atoms with van der Waals surface area (Å²) in [7, 11) is 0. The molecule has 23 heavy (non-hydrogen) atoms. The second kappa shape index (κ2) is 18.5. The molecule has 0 spiro atoms. The minimum Gasteiger partial charge on any atom is -0.387 e. The first-order chi connectivity index (χ1) is 11.2. The van der Waals surface area contributed by atoms with Crippen LogP contribution >= 0.6 is 24.8 Å². The van der Waals surface area contributed by atoms with Gasteiger partial charge in [-0.15, -0.1) is 5.06 Å². The van der Waals surface area contributed by atoms with Gasteiger partial charge in [-0.3, -0.25) is 0 Å². The lowest BCUT2D eigenvalue weighted by atomic mass is 10.1. The minimum atomic E-state index is 0.343. The van der Waals surface area contributed by atoms with Crippen molar-refractivity contribution in [1.82, 2.24) is 5.06 Å². The van der Waals surface area contributed by atoms with Crippen LogP contribution in [0.1, 0.15) is 104 Å². The van der Waals surface area contributed by atoms with Crippen LogP contribution in [-0.2, 0) is 4.84 Å². The maximum Gasteiger partial charge on any atom is 0.241 e. The zero-order valence-corrected chi connectivity index (χ0v) is 17.2. The van der Waals surface area contributed by atoms with Crippen molar-refractivity contribution in [2.24, 2.45) is 0 Å². The number of hydrogen-bond donors (Lipinski definition) is 1. The van der Waals surface area contributed by atoms with Crippen molar-refractivity contribution in [1.29, 1.82) is 0 Å². The first-order valence-corrected chi connectivity index (χ1v) is 10.7. The predicted molar refractivity (Wildman–Crippen MR) is 110 cm³/mol. The number of hydroxylamine groups is 2. The Balaban J connectivity index is 3.62. The van der Waals surface area contributed by atoms with Gasteiger partial charge in [-0.1, -0.05) is 104 Å². The van der Waals surface area contributed by atoms with Crippen LogP contribution in [0.5, 0.6) is 0 Å². The van der Waals surface area contributed by atoms with Gasteiger partial charge in [-0.25, -0.2) is 0 Å². The fourth-order valence-electron chi connectivity index (χ4n) is 2.80. The van der Waals surface area contributed by atoms with E-state index in [0.29, 0.717) is 4.38 Å². The lowest BCUT2D eigenvalue weighted by molar-refractivity contribution is -0.0676. The SMILES string of the molecule is CCCCCCCCCN(CCCCCCCCC)OC(=S)S. The smallest absolute Gasteiger partial charge is 0.241 e. The summed E-state index contributed by atoms with van der Waals surface area (Å²) in [5, 5.41) is 2.02. The molecule has 0 aliphatic rings. The zero-order chi connectivity index (χ0) is 17.2. The summed E-state index contributed by atoms with van der Waals surface area (Å²) in [4.78, 5) is 5.57. The maximum atomic E-state index is 5.57. The van der Waals surface area contributed by atoms with Crippen molar-refractivity contribution in [2.45, 2.75) is 104 Å². The van der Waals surface area contributed by atoms with Gasteiger partial charge >= 0.3 is 0 Å². The monoisotopic (exact) mass is 361 g/mol. The van der Waals surface area contributed by atoms with E-state index in [2.05, 4.69) is 26.5 Å². The number of rotatable bonds is 17. The van der Waals surface area contributed by atoms with E-state index in [-0.39, 0.29) is 0 Å². The highest BCUT2D eigenvalue weighted by molar-refractivity contribution is 8.10. The quantitative estimate of drug-likeness (QED) is 0.130. The fourth-order valence-corrected chi connectivity index (χ4v) is 3.02. The number of nitrogens with zero attached hydrogens (tertiary/aromatic N) is 1. The van der Waals surface area contributed by atoms with E-state index in [4.69, 9.17) is 17.1 Å². The summed E-state index contributed by atoms with van der Waals surface area (Å²) < 4.78 is 0.343. The zero-order valence-electron chi connectivity index (χ0n) is 15.5. The van der Waals surface area contributed by atoms with Crippen LogP contribution < -0.4 is 0 Å². The van der Waals surface area contributed by atoms with Gasteiger partial charge in [0.2, 0.25) is 4.38 Å². The predicted octanol–water partition coefficient (Wildman–Crippen LogP) is 6.94. The van der Waals surface area contributed by atoms with Crippen LogP contribution in [-0.4, -0.2) is 22.5 Å². The molecule has 0 unspecified atom stereocenters. The molecule has 0 heterocycles. The number of hydrogen-bond acceptors (Lipinski definition) is 3. The molecule has 0 rings (SSSR count). The highest BCUT2D eigenvalue weighted by Crippen LogP contribution is 2.11. The Morgan fingerprint density at radius 1 is 0.696 bits per heavy atom. The van der Waals surface area contributed by atoms with Crippen molar-refractivity contribution in [2.75, 3.05) is 13.1 Å². The normalized spacial score (nSPS) is 11.1. The highest BCUT2D eigenvalue weighted by atomic mass is 32.1. The molecule has 0 aromatic rings.